The van der Waals surface area contributed by atoms with Crippen molar-refractivity contribution in [3.63, 3.8) is 0 Å². The van der Waals surface area contributed by atoms with Crippen molar-refractivity contribution >= 4 is 5.91 Å². The van der Waals surface area contributed by atoms with E-state index in [-0.39, 0.29) is 6.61 Å². The fourth-order valence-corrected chi connectivity index (χ4v) is 8.43. The highest BCUT2D eigenvalue weighted by molar-refractivity contribution is 5.80. The van der Waals surface area contributed by atoms with Crippen LogP contribution in [0.5, 0.6) is 0 Å². The quantitative estimate of drug-likeness (QED) is 0.0462. The maximum Gasteiger partial charge on any atom is 0.249 e. The average Bonchev–Trinajstić information content (AvgIpc) is 3.20. The number of carbonyl (C=O) groups excluding carboxylic acids is 1. The monoisotopic (exact) mass is 794 g/mol. The van der Waals surface area contributed by atoms with Crippen LogP contribution in [0.1, 0.15) is 296 Å². The summed E-state index contributed by atoms with van der Waals surface area (Å²) in [5, 5.41) is 33.5. The molecule has 0 rings (SSSR count). The van der Waals surface area contributed by atoms with E-state index >= 15 is 0 Å². The summed E-state index contributed by atoms with van der Waals surface area (Å²) < 4.78 is 0. The summed E-state index contributed by atoms with van der Waals surface area (Å²) in [6.45, 7) is 4.27. The Morgan fingerprint density at radius 3 is 0.804 bits per heavy atom. The van der Waals surface area contributed by atoms with Crippen molar-refractivity contribution in [3.05, 3.63) is 0 Å². The van der Waals surface area contributed by atoms with Crippen molar-refractivity contribution in [1.29, 1.82) is 0 Å². The van der Waals surface area contributed by atoms with E-state index in [4.69, 9.17) is 0 Å². The fourth-order valence-electron chi connectivity index (χ4n) is 8.43. The molecule has 0 aliphatic heterocycles. The van der Waals surface area contributed by atoms with E-state index in [0.717, 1.165) is 32.1 Å². The zero-order valence-electron chi connectivity index (χ0n) is 38.3. The van der Waals surface area contributed by atoms with Crippen molar-refractivity contribution in [1.82, 2.24) is 5.32 Å². The van der Waals surface area contributed by atoms with Crippen LogP contribution in [0.25, 0.3) is 0 Å². The van der Waals surface area contributed by atoms with Crippen molar-refractivity contribution in [2.24, 2.45) is 0 Å². The standard InChI is InChI=1S/C51H103NO4/c1-3-5-7-9-11-13-15-17-19-21-23-24-25-26-28-30-32-34-36-38-40-42-44-46-50(55)51(56)52-48(47-53)49(54)45-43-41-39-37-35-33-31-29-27-22-20-18-16-14-12-10-8-6-4-2/h48-50,53-55H,3-47H2,1-2H3,(H,52,56). The molecule has 0 aromatic carbocycles. The molecule has 3 unspecified atom stereocenters. The minimum atomic E-state index is -1.07. The summed E-state index contributed by atoms with van der Waals surface area (Å²) in [6.07, 6.45) is 55.5. The number of carbonyl (C=O) groups is 1. The van der Waals surface area contributed by atoms with Crippen LogP contribution in [0.15, 0.2) is 0 Å². The number of amides is 1. The van der Waals surface area contributed by atoms with Gasteiger partial charge in [0.15, 0.2) is 0 Å². The highest BCUT2D eigenvalue weighted by atomic mass is 16.3. The maximum atomic E-state index is 12.5. The SMILES string of the molecule is CCCCCCCCCCCCCCCCCCCCCCCCCC(O)C(=O)NC(CO)C(O)CCCCCCCCCCCCCCCCCCCCC. The Bertz CT molecular complexity index is 747. The Morgan fingerprint density at radius 2 is 0.571 bits per heavy atom. The molecule has 0 aromatic heterocycles. The predicted octanol–water partition coefficient (Wildman–Crippen LogP) is 15.4. The van der Waals surface area contributed by atoms with Crippen molar-refractivity contribution < 1.29 is 20.1 Å². The number of nitrogens with one attached hydrogen (secondary N) is 1. The molecule has 3 atom stereocenters. The van der Waals surface area contributed by atoms with E-state index in [1.807, 2.05) is 0 Å². The van der Waals surface area contributed by atoms with Crippen molar-refractivity contribution in [2.45, 2.75) is 315 Å². The van der Waals surface area contributed by atoms with Gasteiger partial charge >= 0.3 is 0 Å². The molecule has 0 aliphatic rings. The molecule has 0 bridgehead atoms. The van der Waals surface area contributed by atoms with Crippen LogP contribution < -0.4 is 5.32 Å². The summed E-state index contributed by atoms with van der Waals surface area (Å²) >= 11 is 0. The second kappa shape index (κ2) is 47.0. The van der Waals surface area contributed by atoms with Gasteiger partial charge in [0, 0.05) is 0 Å². The van der Waals surface area contributed by atoms with Crippen molar-refractivity contribution in [2.75, 3.05) is 6.61 Å². The molecule has 0 saturated carbocycles. The molecular weight excluding hydrogens is 691 g/mol. The summed E-state index contributed by atoms with van der Waals surface area (Å²) in [5.74, 6) is -0.463. The molecule has 0 heterocycles. The van der Waals surface area contributed by atoms with Gasteiger partial charge in [-0.15, -0.1) is 0 Å². The lowest BCUT2D eigenvalue weighted by Crippen LogP contribution is -2.49. The number of hydrogen-bond acceptors (Lipinski definition) is 4. The third kappa shape index (κ3) is 41.5. The van der Waals surface area contributed by atoms with E-state index in [2.05, 4.69) is 19.2 Å². The highest BCUT2D eigenvalue weighted by Crippen LogP contribution is 2.18. The normalized spacial score (nSPS) is 13.3. The van der Waals surface area contributed by atoms with E-state index in [1.165, 1.54) is 238 Å². The van der Waals surface area contributed by atoms with Crippen LogP contribution in [0.4, 0.5) is 0 Å². The van der Waals surface area contributed by atoms with Gasteiger partial charge in [-0.2, -0.15) is 0 Å². The lowest BCUT2D eigenvalue weighted by atomic mass is 10.0. The van der Waals surface area contributed by atoms with E-state index in [1.54, 1.807) is 0 Å². The topological polar surface area (TPSA) is 89.8 Å². The Labute approximate surface area is 351 Å². The third-order valence-electron chi connectivity index (χ3n) is 12.5. The molecule has 0 saturated heterocycles. The molecule has 0 aliphatic carbocycles. The molecule has 0 radical (unpaired) electrons. The third-order valence-corrected chi connectivity index (χ3v) is 12.5. The maximum absolute atomic E-state index is 12.5. The first kappa shape index (κ1) is 55.4. The number of hydrogen-bond donors (Lipinski definition) is 4. The second-order valence-electron chi connectivity index (χ2n) is 18.1. The average molecular weight is 794 g/mol. The van der Waals surface area contributed by atoms with Crippen LogP contribution in [0.3, 0.4) is 0 Å². The number of aliphatic hydroxyl groups excluding tert-OH is 3. The molecule has 56 heavy (non-hydrogen) atoms. The zero-order valence-corrected chi connectivity index (χ0v) is 38.3. The minimum Gasteiger partial charge on any atom is -0.394 e. The Kier molecular flexibility index (Phi) is 46.5. The van der Waals surface area contributed by atoms with Gasteiger partial charge in [-0.25, -0.2) is 0 Å². The van der Waals surface area contributed by atoms with Gasteiger partial charge in [-0.1, -0.05) is 284 Å². The molecular formula is C51H103NO4. The summed E-state index contributed by atoms with van der Waals surface area (Å²) in [5.41, 5.74) is 0. The van der Waals surface area contributed by atoms with E-state index in [0.29, 0.717) is 12.8 Å². The first-order chi connectivity index (χ1) is 27.6. The van der Waals surface area contributed by atoms with Gasteiger partial charge in [-0.3, -0.25) is 4.79 Å². The summed E-state index contributed by atoms with van der Waals surface area (Å²) in [6, 6.07) is -0.706. The number of aliphatic hydroxyl groups is 3. The Balaban J connectivity index is 3.52. The lowest BCUT2D eigenvalue weighted by molar-refractivity contribution is -0.131. The molecule has 5 heteroatoms. The molecule has 4 N–H and O–H groups in total. The first-order valence-electron chi connectivity index (χ1n) is 25.8. The van der Waals surface area contributed by atoms with Crippen LogP contribution in [-0.2, 0) is 4.79 Å². The van der Waals surface area contributed by atoms with Crippen LogP contribution in [0.2, 0.25) is 0 Å². The van der Waals surface area contributed by atoms with Crippen LogP contribution >= 0.6 is 0 Å². The Hall–Kier alpha value is -0.650. The smallest absolute Gasteiger partial charge is 0.249 e. The minimum absolute atomic E-state index is 0.307. The van der Waals surface area contributed by atoms with Gasteiger partial charge in [0.1, 0.15) is 6.10 Å². The molecule has 0 spiro atoms. The predicted molar refractivity (Wildman–Crippen MR) is 246 cm³/mol. The molecule has 5 nitrogen and oxygen atoms in total. The highest BCUT2D eigenvalue weighted by Gasteiger charge is 2.23. The number of unbranched alkanes of at least 4 members (excludes halogenated alkanes) is 40. The summed E-state index contributed by atoms with van der Waals surface area (Å²) in [7, 11) is 0. The summed E-state index contributed by atoms with van der Waals surface area (Å²) in [4.78, 5) is 12.5. The van der Waals surface area contributed by atoms with E-state index in [9.17, 15) is 20.1 Å². The molecule has 0 fully saturated rings. The fraction of sp³-hybridized carbons (Fsp3) is 0.980. The van der Waals surface area contributed by atoms with Gasteiger partial charge in [0.25, 0.3) is 0 Å². The van der Waals surface area contributed by atoms with Crippen molar-refractivity contribution in [3.8, 4) is 0 Å². The largest absolute Gasteiger partial charge is 0.394 e. The first-order valence-corrected chi connectivity index (χ1v) is 25.8. The van der Waals surface area contributed by atoms with Gasteiger partial charge in [0.2, 0.25) is 5.91 Å². The van der Waals surface area contributed by atoms with Gasteiger partial charge in [0.05, 0.1) is 18.8 Å². The lowest BCUT2D eigenvalue weighted by Gasteiger charge is -2.23. The molecule has 1 amide bonds. The Morgan fingerprint density at radius 1 is 0.357 bits per heavy atom. The number of rotatable bonds is 48. The van der Waals surface area contributed by atoms with E-state index < -0.39 is 24.2 Å². The molecule has 0 aromatic rings. The second-order valence-corrected chi connectivity index (χ2v) is 18.1. The van der Waals surface area contributed by atoms with Gasteiger partial charge in [-0.05, 0) is 12.8 Å². The van der Waals surface area contributed by atoms with Crippen LogP contribution in [0, 0.1) is 0 Å². The molecule has 336 valence electrons. The zero-order chi connectivity index (χ0) is 40.8. The van der Waals surface area contributed by atoms with Gasteiger partial charge < -0.3 is 20.6 Å². The van der Waals surface area contributed by atoms with Crippen LogP contribution in [-0.4, -0.2) is 46.1 Å².